The molecule has 1 N–H and O–H groups in total. The van der Waals surface area contributed by atoms with Crippen LogP contribution in [0.2, 0.25) is 5.02 Å². The Morgan fingerprint density at radius 2 is 1.79 bits per heavy atom. The Balaban J connectivity index is 1.59. The lowest BCUT2D eigenvalue weighted by atomic mass is 10.2. The summed E-state index contributed by atoms with van der Waals surface area (Å²) in [5, 5.41) is 4.52. The van der Waals surface area contributed by atoms with Crippen LogP contribution in [0.25, 0.3) is 0 Å². The van der Waals surface area contributed by atoms with Crippen LogP contribution in [0.15, 0.2) is 65.8 Å². The van der Waals surface area contributed by atoms with E-state index in [9.17, 15) is 14.0 Å². The second-order valence-corrected chi connectivity index (χ2v) is 7.44. The number of carbonyl (C=O) groups is 2. The van der Waals surface area contributed by atoms with Crippen LogP contribution < -0.4 is 19.6 Å². The molecule has 1 amide bonds. The fourth-order valence-corrected chi connectivity index (χ4v) is 2.89. The monoisotopic (exact) mass is 484 g/mol. The molecule has 3 rings (SSSR count). The first kappa shape index (κ1) is 24.7. The van der Waals surface area contributed by atoms with E-state index in [-0.39, 0.29) is 17.9 Å². The van der Waals surface area contributed by atoms with Gasteiger partial charge < -0.3 is 14.2 Å². The van der Waals surface area contributed by atoms with E-state index in [0.717, 1.165) is 5.56 Å². The van der Waals surface area contributed by atoms with Crippen LogP contribution in [0.5, 0.6) is 17.2 Å². The Hall–Kier alpha value is -3.91. The molecular formula is C25H22ClFN2O5. The fourth-order valence-electron chi connectivity index (χ4n) is 2.77. The standard InChI is InChI=1S/C25H22ClFN2O5/c1-3-32-23-13-17(4-11-22(23)34-25(31)18-5-7-19(27)8-6-18)14-28-29-24(30)15-33-20-9-10-21(26)16(2)12-20/h4-14H,3,15H2,1-2H3,(H,29,30)/b28-14-. The van der Waals surface area contributed by atoms with Gasteiger partial charge >= 0.3 is 5.97 Å². The largest absolute Gasteiger partial charge is 0.490 e. The number of nitrogens with one attached hydrogen (secondary N) is 1. The summed E-state index contributed by atoms with van der Waals surface area (Å²) in [5.74, 6) is -0.509. The van der Waals surface area contributed by atoms with Gasteiger partial charge in [-0.1, -0.05) is 11.6 Å². The highest BCUT2D eigenvalue weighted by Crippen LogP contribution is 2.29. The number of hydrazone groups is 1. The molecule has 0 fully saturated rings. The highest BCUT2D eigenvalue weighted by Gasteiger charge is 2.13. The van der Waals surface area contributed by atoms with Crippen molar-refractivity contribution in [2.75, 3.05) is 13.2 Å². The van der Waals surface area contributed by atoms with Crippen molar-refractivity contribution in [3.05, 3.63) is 88.2 Å². The number of hydrogen-bond acceptors (Lipinski definition) is 6. The van der Waals surface area contributed by atoms with Gasteiger partial charge in [0.25, 0.3) is 5.91 Å². The van der Waals surface area contributed by atoms with Gasteiger partial charge in [0, 0.05) is 5.02 Å². The van der Waals surface area contributed by atoms with Crippen LogP contribution in [0.4, 0.5) is 4.39 Å². The summed E-state index contributed by atoms with van der Waals surface area (Å²) in [7, 11) is 0. The van der Waals surface area contributed by atoms with Gasteiger partial charge in [-0.15, -0.1) is 0 Å². The lowest BCUT2D eigenvalue weighted by Crippen LogP contribution is -2.24. The molecule has 0 saturated heterocycles. The molecule has 0 aliphatic rings. The molecule has 0 saturated carbocycles. The Labute approximate surface area is 201 Å². The van der Waals surface area contributed by atoms with E-state index in [4.69, 9.17) is 25.8 Å². The van der Waals surface area contributed by atoms with Gasteiger partial charge in [0.05, 0.1) is 18.4 Å². The molecule has 9 heteroatoms. The number of benzene rings is 3. The average molecular weight is 485 g/mol. The lowest BCUT2D eigenvalue weighted by Gasteiger charge is -2.11. The highest BCUT2D eigenvalue weighted by atomic mass is 35.5. The third-order valence-electron chi connectivity index (χ3n) is 4.45. The Morgan fingerprint density at radius 1 is 1.03 bits per heavy atom. The number of nitrogens with zero attached hydrogens (tertiary/aromatic N) is 1. The zero-order chi connectivity index (χ0) is 24.5. The predicted molar refractivity (Wildman–Crippen MR) is 126 cm³/mol. The minimum absolute atomic E-state index is 0.198. The molecule has 0 heterocycles. The number of aryl methyl sites for hydroxylation is 1. The molecule has 0 spiro atoms. The van der Waals surface area contributed by atoms with Crippen molar-refractivity contribution in [1.29, 1.82) is 0 Å². The molecule has 0 radical (unpaired) electrons. The van der Waals surface area contributed by atoms with Crippen LogP contribution in [0, 0.1) is 12.7 Å². The first-order valence-electron chi connectivity index (χ1n) is 10.3. The normalized spacial score (nSPS) is 10.7. The van der Waals surface area contributed by atoms with E-state index in [1.54, 1.807) is 43.3 Å². The molecule has 176 valence electrons. The number of esters is 1. The van der Waals surface area contributed by atoms with Gasteiger partial charge in [-0.25, -0.2) is 14.6 Å². The van der Waals surface area contributed by atoms with Crippen LogP contribution in [-0.2, 0) is 4.79 Å². The molecule has 0 unspecified atom stereocenters. The summed E-state index contributed by atoms with van der Waals surface area (Å²) in [4.78, 5) is 24.3. The van der Waals surface area contributed by atoms with Crippen LogP contribution >= 0.6 is 11.6 Å². The van der Waals surface area contributed by atoms with Crippen molar-refractivity contribution in [1.82, 2.24) is 5.43 Å². The molecule has 34 heavy (non-hydrogen) atoms. The number of amides is 1. The summed E-state index contributed by atoms with van der Waals surface area (Å²) in [6, 6.07) is 14.9. The van der Waals surface area contributed by atoms with Crippen molar-refractivity contribution < 1.29 is 28.2 Å². The van der Waals surface area contributed by atoms with Gasteiger partial charge in [-0.3, -0.25) is 4.79 Å². The minimum atomic E-state index is -0.648. The number of halogens is 2. The molecule has 0 bridgehead atoms. The molecule has 0 aliphatic carbocycles. The van der Waals surface area contributed by atoms with E-state index >= 15 is 0 Å². The van der Waals surface area contributed by atoms with E-state index in [1.165, 1.54) is 30.5 Å². The van der Waals surface area contributed by atoms with Gasteiger partial charge in [0.1, 0.15) is 11.6 Å². The van der Waals surface area contributed by atoms with Crippen LogP contribution in [0.3, 0.4) is 0 Å². The first-order chi connectivity index (χ1) is 16.4. The molecule has 3 aromatic carbocycles. The van der Waals surface area contributed by atoms with E-state index in [2.05, 4.69) is 10.5 Å². The topological polar surface area (TPSA) is 86.2 Å². The Kier molecular flexibility index (Phi) is 8.59. The third-order valence-corrected chi connectivity index (χ3v) is 4.88. The Bertz CT molecular complexity index is 1200. The predicted octanol–water partition coefficient (Wildman–Crippen LogP) is 4.93. The maximum Gasteiger partial charge on any atom is 0.343 e. The summed E-state index contributed by atoms with van der Waals surface area (Å²) in [6.07, 6.45) is 1.42. The first-order valence-corrected chi connectivity index (χ1v) is 10.7. The summed E-state index contributed by atoms with van der Waals surface area (Å²) in [5.41, 5.74) is 4.02. The third kappa shape index (κ3) is 7.05. The maximum atomic E-state index is 13.1. The second kappa shape index (κ2) is 11.8. The van der Waals surface area contributed by atoms with Crippen LogP contribution in [-0.4, -0.2) is 31.3 Å². The molecule has 0 aromatic heterocycles. The summed E-state index contributed by atoms with van der Waals surface area (Å²) >= 11 is 5.97. The molecule has 3 aromatic rings. The number of hydrogen-bond donors (Lipinski definition) is 1. The van der Waals surface area contributed by atoms with Gasteiger partial charge in [0.15, 0.2) is 18.1 Å². The second-order valence-electron chi connectivity index (χ2n) is 7.03. The summed E-state index contributed by atoms with van der Waals surface area (Å²) in [6.45, 7) is 3.74. The molecule has 7 nitrogen and oxygen atoms in total. The van der Waals surface area contributed by atoms with Crippen LogP contribution in [0.1, 0.15) is 28.4 Å². The van der Waals surface area contributed by atoms with Gasteiger partial charge in [-0.05, 0) is 85.6 Å². The van der Waals surface area contributed by atoms with E-state index in [1.807, 2.05) is 6.92 Å². The molecular weight excluding hydrogens is 463 g/mol. The average Bonchev–Trinajstić information content (AvgIpc) is 2.82. The van der Waals surface area contributed by atoms with Crippen molar-refractivity contribution in [3.8, 4) is 17.2 Å². The van der Waals surface area contributed by atoms with Gasteiger partial charge in [-0.2, -0.15) is 5.10 Å². The van der Waals surface area contributed by atoms with Crippen molar-refractivity contribution >= 4 is 29.7 Å². The summed E-state index contributed by atoms with van der Waals surface area (Å²) < 4.78 is 29.4. The minimum Gasteiger partial charge on any atom is -0.490 e. The fraction of sp³-hybridized carbons (Fsp3) is 0.160. The highest BCUT2D eigenvalue weighted by molar-refractivity contribution is 6.31. The smallest absolute Gasteiger partial charge is 0.343 e. The quantitative estimate of drug-likeness (QED) is 0.201. The molecule has 0 aliphatic heterocycles. The lowest BCUT2D eigenvalue weighted by molar-refractivity contribution is -0.123. The van der Waals surface area contributed by atoms with E-state index in [0.29, 0.717) is 28.7 Å². The zero-order valence-corrected chi connectivity index (χ0v) is 19.3. The van der Waals surface area contributed by atoms with E-state index < -0.39 is 17.7 Å². The molecule has 0 atom stereocenters. The zero-order valence-electron chi connectivity index (χ0n) is 18.5. The SMILES string of the molecule is CCOc1cc(/C=N\NC(=O)COc2ccc(Cl)c(C)c2)ccc1OC(=O)c1ccc(F)cc1. The van der Waals surface area contributed by atoms with Crippen molar-refractivity contribution in [3.63, 3.8) is 0 Å². The number of ether oxygens (including phenoxy) is 3. The van der Waals surface area contributed by atoms with Crippen molar-refractivity contribution in [2.45, 2.75) is 13.8 Å². The number of rotatable bonds is 9. The number of carbonyl (C=O) groups excluding carboxylic acids is 2. The van der Waals surface area contributed by atoms with Crippen molar-refractivity contribution in [2.24, 2.45) is 5.10 Å². The Morgan fingerprint density at radius 3 is 2.50 bits per heavy atom. The maximum absolute atomic E-state index is 13.1. The van der Waals surface area contributed by atoms with Gasteiger partial charge in [0.2, 0.25) is 0 Å².